The lowest BCUT2D eigenvalue weighted by atomic mass is 10.2. The smallest absolute Gasteiger partial charge is 0.414 e. The van der Waals surface area contributed by atoms with Crippen LogP contribution in [-0.2, 0) is 23.7 Å². The summed E-state index contributed by atoms with van der Waals surface area (Å²) in [6.45, 7) is 2.94. The molecule has 0 radical (unpaired) electrons. The van der Waals surface area contributed by atoms with Gasteiger partial charge in [0.25, 0.3) is 11.2 Å². The van der Waals surface area contributed by atoms with E-state index in [1.807, 2.05) is 30.9 Å². The van der Waals surface area contributed by atoms with E-state index in [0.29, 0.717) is 12.4 Å². The second-order valence-electron chi connectivity index (χ2n) is 7.77. The zero-order valence-corrected chi connectivity index (χ0v) is 20.2. The zero-order chi connectivity index (χ0) is 26.9. The van der Waals surface area contributed by atoms with Crippen LogP contribution in [0.4, 0.5) is 17.2 Å². The summed E-state index contributed by atoms with van der Waals surface area (Å²) in [5.74, 6) is -3.07. The Bertz CT molecular complexity index is 1150. The molecule has 0 fully saturated rings. The first-order valence-corrected chi connectivity index (χ1v) is 10.3. The second-order valence-corrected chi connectivity index (χ2v) is 7.77. The first-order chi connectivity index (χ1) is 16.3. The van der Waals surface area contributed by atoms with Gasteiger partial charge in [-0.1, -0.05) is 0 Å². The summed E-state index contributed by atoms with van der Waals surface area (Å²) in [6.07, 6.45) is 0. The van der Waals surface area contributed by atoms with Gasteiger partial charge in [0.1, 0.15) is 5.82 Å². The van der Waals surface area contributed by atoms with E-state index >= 15 is 0 Å². The highest BCUT2D eigenvalue weighted by molar-refractivity contribution is 6.27. The molecular formula is C21H30N6O8. The first kappa shape index (κ1) is 28.8. The Balaban J connectivity index is 0.000000905. The quantitative estimate of drug-likeness (QED) is 0.265. The molecule has 0 saturated heterocycles. The van der Waals surface area contributed by atoms with Gasteiger partial charge in [-0.3, -0.25) is 24.0 Å². The van der Waals surface area contributed by atoms with Gasteiger partial charge in [0.2, 0.25) is 0 Å². The fourth-order valence-electron chi connectivity index (χ4n) is 2.91. The standard InChI is InChI=1S/C19H28N6O4.C2H2O4/c1-20(10-12-21(2)15-6-8-16(9-7-15)25(28)29)11-13-22(3)17-14-18(26)24(5)19(27)23(17)4;3-1(4)2(5)6/h6-9,14H,10-13H2,1-5H3;(H,3,4)(H,5,6). The molecule has 0 atom stereocenters. The Morgan fingerprint density at radius 1 is 0.886 bits per heavy atom. The van der Waals surface area contributed by atoms with Gasteiger partial charge in [0.15, 0.2) is 0 Å². The van der Waals surface area contributed by atoms with E-state index in [0.717, 1.165) is 29.9 Å². The van der Waals surface area contributed by atoms with Crippen LogP contribution in [0.2, 0.25) is 0 Å². The van der Waals surface area contributed by atoms with Gasteiger partial charge in [-0.15, -0.1) is 0 Å². The fraction of sp³-hybridized carbons (Fsp3) is 0.429. The van der Waals surface area contributed by atoms with Crippen molar-refractivity contribution in [3.63, 3.8) is 0 Å². The Kier molecular flexibility index (Phi) is 10.6. The Hall–Kier alpha value is -4.20. The Morgan fingerprint density at radius 3 is 1.83 bits per heavy atom. The second kappa shape index (κ2) is 12.9. The van der Waals surface area contributed by atoms with Gasteiger partial charge in [0.05, 0.1) is 4.92 Å². The average Bonchev–Trinajstić information content (AvgIpc) is 2.82. The minimum atomic E-state index is -1.82. The third-order valence-electron chi connectivity index (χ3n) is 5.21. The number of nitro benzene ring substituents is 1. The van der Waals surface area contributed by atoms with Crippen molar-refractivity contribution < 1.29 is 24.7 Å². The zero-order valence-electron chi connectivity index (χ0n) is 20.2. The number of likely N-dealkylation sites (N-methyl/N-ethyl adjacent to an activating group) is 3. The number of carboxylic acids is 2. The highest BCUT2D eigenvalue weighted by atomic mass is 16.6. The lowest BCUT2D eigenvalue weighted by molar-refractivity contribution is -0.384. The van der Waals surface area contributed by atoms with Crippen molar-refractivity contribution >= 4 is 29.1 Å². The van der Waals surface area contributed by atoms with E-state index in [9.17, 15) is 19.7 Å². The molecule has 0 aliphatic rings. The first-order valence-electron chi connectivity index (χ1n) is 10.3. The number of aliphatic carboxylic acids is 2. The number of carbonyl (C=O) groups is 2. The van der Waals surface area contributed by atoms with Crippen molar-refractivity contribution in [2.45, 2.75) is 0 Å². The minimum Gasteiger partial charge on any atom is -0.473 e. The van der Waals surface area contributed by atoms with Crippen LogP contribution in [0.5, 0.6) is 0 Å². The van der Waals surface area contributed by atoms with Crippen molar-refractivity contribution in [1.29, 1.82) is 0 Å². The molecule has 2 rings (SSSR count). The lowest BCUT2D eigenvalue weighted by Gasteiger charge is -2.27. The summed E-state index contributed by atoms with van der Waals surface area (Å²) in [5.41, 5.74) is 0.314. The molecule has 1 aromatic heterocycles. The molecule has 0 aliphatic heterocycles. The predicted octanol–water partition coefficient (Wildman–Crippen LogP) is -0.348. The van der Waals surface area contributed by atoms with Gasteiger partial charge in [0, 0.05) is 78.3 Å². The van der Waals surface area contributed by atoms with Gasteiger partial charge in [-0.25, -0.2) is 14.4 Å². The normalized spacial score (nSPS) is 10.3. The van der Waals surface area contributed by atoms with E-state index in [2.05, 4.69) is 4.90 Å². The van der Waals surface area contributed by atoms with Crippen LogP contribution in [-0.4, -0.2) is 88.4 Å². The van der Waals surface area contributed by atoms with Crippen LogP contribution in [0.25, 0.3) is 0 Å². The molecular weight excluding hydrogens is 464 g/mol. The number of hydrogen-bond donors (Lipinski definition) is 2. The topological polar surface area (TPSA) is 171 Å². The lowest BCUT2D eigenvalue weighted by Crippen LogP contribution is -2.41. The van der Waals surface area contributed by atoms with Crippen LogP contribution in [0, 0.1) is 10.1 Å². The maximum Gasteiger partial charge on any atom is 0.414 e. The number of nitrogens with zero attached hydrogens (tertiary/aromatic N) is 6. The van der Waals surface area contributed by atoms with Crippen molar-refractivity contribution in [2.75, 3.05) is 57.1 Å². The van der Waals surface area contributed by atoms with Crippen LogP contribution in [0.3, 0.4) is 0 Å². The molecule has 2 aromatic rings. The number of rotatable bonds is 9. The minimum absolute atomic E-state index is 0.0763. The SMILES string of the molecule is CN(CCN(C)c1ccc([N+](=O)[O-])cc1)CCN(C)c1cc(=O)n(C)c(=O)n1C.O=C(O)C(=O)O. The molecule has 192 valence electrons. The van der Waals surface area contributed by atoms with E-state index in [4.69, 9.17) is 19.8 Å². The predicted molar refractivity (Wildman–Crippen MR) is 129 cm³/mol. The van der Waals surface area contributed by atoms with Crippen molar-refractivity contribution in [3.05, 3.63) is 61.3 Å². The summed E-state index contributed by atoms with van der Waals surface area (Å²) in [5, 5.41) is 25.5. The summed E-state index contributed by atoms with van der Waals surface area (Å²) in [4.78, 5) is 58.6. The molecule has 1 heterocycles. The molecule has 35 heavy (non-hydrogen) atoms. The van der Waals surface area contributed by atoms with Crippen LogP contribution < -0.4 is 21.0 Å². The van der Waals surface area contributed by atoms with Crippen LogP contribution in [0.15, 0.2) is 39.9 Å². The summed E-state index contributed by atoms with van der Waals surface area (Å²) < 4.78 is 2.54. The van der Waals surface area contributed by atoms with Crippen molar-refractivity contribution in [3.8, 4) is 0 Å². The van der Waals surface area contributed by atoms with Crippen molar-refractivity contribution in [2.24, 2.45) is 14.1 Å². The van der Waals surface area contributed by atoms with Gasteiger partial charge in [-0.05, 0) is 19.2 Å². The molecule has 14 nitrogen and oxygen atoms in total. The maximum absolute atomic E-state index is 12.1. The van der Waals surface area contributed by atoms with E-state index in [1.165, 1.54) is 29.8 Å². The number of carboxylic acid groups (broad SMARTS) is 2. The van der Waals surface area contributed by atoms with Crippen LogP contribution in [0.1, 0.15) is 0 Å². The van der Waals surface area contributed by atoms with Gasteiger partial charge >= 0.3 is 17.6 Å². The monoisotopic (exact) mass is 494 g/mol. The third-order valence-corrected chi connectivity index (χ3v) is 5.21. The summed E-state index contributed by atoms with van der Waals surface area (Å²) in [7, 11) is 8.91. The summed E-state index contributed by atoms with van der Waals surface area (Å²) in [6, 6.07) is 7.94. The third kappa shape index (κ3) is 8.58. The molecule has 2 N–H and O–H groups in total. The van der Waals surface area contributed by atoms with Gasteiger partial charge < -0.3 is 24.9 Å². The number of nitro groups is 1. The molecule has 1 aromatic carbocycles. The van der Waals surface area contributed by atoms with Crippen molar-refractivity contribution in [1.82, 2.24) is 14.0 Å². The maximum atomic E-state index is 12.1. The summed E-state index contributed by atoms with van der Waals surface area (Å²) >= 11 is 0. The highest BCUT2D eigenvalue weighted by Crippen LogP contribution is 2.18. The Morgan fingerprint density at radius 2 is 1.37 bits per heavy atom. The number of benzene rings is 1. The molecule has 0 aliphatic carbocycles. The molecule has 0 saturated carbocycles. The van der Waals surface area contributed by atoms with E-state index in [-0.39, 0.29) is 16.9 Å². The molecule has 0 amide bonds. The molecule has 0 spiro atoms. The number of aromatic nitrogens is 2. The largest absolute Gasteiger partial charge is 0.473 e. The van der Waals surface area contributed by atoms with E-state index in [1.54, 1.807) is 19.2 Å². The van der Waals surface area contributed by atoms with E-state index < -0.39 is 16.9 Å². The number of hydrogen-bond acceptors (Lipinski definition) is 9. The molecule has 0 unspecified atom stereocenters. The van der Waals surface area contributed by atoms with Gasteiger partial charge in [-0.2, -0.15) is 0 Å². The highest BCUT2D eigenvalue weighted by Gasteiger charge is 2.12. The number of anilines is 2. The average molecular weight is 495 g/mol. The molecule has 14 heteroatoms. The Labute approximate surface area is 201 Å². The number of non-ortho nitro benzene ring substituents is 1. The fourth-order valence-corrected chi connectivity index (χ4v) is 2.91. The van der Waals surface area contributed by atoms with Crippen LogP contribution >= 0.6 is 0 Å². The molecule has 0 bridgehead atoms.